The Morgan fingerprint density at radius 1 is 1.07 bits per heavy atom. The normalized spacial score (nSPS) is 10.7. The number of benzene rings is 2. The van der Waals surface area contributed by atoms with Gasteiger partial charge in [0.15, 0.2) is 0 Å². The Balaban J connectivity index is 1.94. The number of esters is 1. The second-order valence-corrected chi connectivity index (χ2v) is 6.71. The van der Waals surface area contributed by atoms with E-state index in [1.807, 2.05) is 61.5 Å². The zero-order chi connectivity index (χ0) is 20.1. The van der Waals surface area contributed by atoms with E-state index >= 15 is 0 Å². The monoisotopic (exact) mass is 377 g/mol. The molecule has 0 spiro atoms. The number of aryl methyl sites for hydroxylation is 1. The van der Waals surface area contributed by atoms with Crippen LogP contribution in [-0.4, -0.2) is 34.3 Å². The molecule has 0 radical (unpaired) electrons. The number of carbonyl (C=O) groups is 2. The average molecular weight is 377 g/mol. The fourth-order valence-electron chi connectivity index (χ4n) is 2.84. The number of amides is 1. The van der Waals surface area contributed by atoms with Crippen molar-refractivity contribution >= 4 is 11.9 Å². The van der Waals surface area contributed by atoms with Crippen molar-refractivity contribution in [2.45, 2.75) is 26.9 Å². The Kier molecular flexibility index (Phi) is 5.89. The number of rotatable bonds is 6. The predicted octanol–water partition coefficient (Wildman–Crippen LogP) is 3.53. The lowest BCUT2D eigenvalue weighted by Gasteiger charge is -2.09. The van der Waals surface area contributed by atoms with Crippen molar-refractivity contribution in [1.29, 1.82) is 0 Å². The minimum Gasteiger partial charge on any atom is -0.462 e. The van der Waals surface area contributed by atoms with E-state index in [4.69, 9.17) is 4.74 Å². The first-order chi connectivity index (χ1) is 13.5. The summed E-state index contributed by atoms with van der Waals surface area (Å²) in [5.74, 6) is -0.850. The number of ether oxygens (including phenoxy) is 1. The third kappa shape index (κ3) is 4.46. The lowest BCUT2D eigenvalue weighted by molar-refractivity contribution is -0.146. The summed E-state index contributed by atoms with van der Waals surface area (Å²) < 4.78 is 6.74. The van der Waals surface area contributed by atoms with Crippen molar-refractivity contribution in [3.63, 3.8) is 0 Å². The van der Waals surface area contributed by atoms with Gasteiger partial charge in [-0.05, 0) is 38.5 Å². The quantitative estimate of drug-likeness (QED) is 0.667. The second-order valence-electron chi connectivity index (χ2n) is 6.71. The van der Waals surface area contributed by atoms with Crippen molar-refractivity contribution in [2.75, 3.05) is 6.54 Å². The minimum atomic E-state index is -0.476. The fraction of sp³-hybridized carbons (Fsp3) is 0.227. The summed E-state index contributed by atoms with van der Waals surface area (Å²) >= 11 is 0. The molecule has 1 heterocycles. The molecule has 3 aromatic rings. The van der Waals surface area contributed by atoms with Gasteiger partial charge in [-0.1, -0.05) is 42.5 Å². The van der Waals surface area contributed by atoms with Gasteiger partial charge in [0, 0.05) is 11.8 Å². The molecule has 28 heavy (non-hydrogen) atoms. The van der Waals surface area contributed by atoms with Crippen LogP contribution in [0.5, 0.6) is 0 Å². The molecule has 0 saturated heterocycles. The van der Waals surface area contributed by atoms with E-state index in [2.05, 4.69) is 10.4 Å². The number of para-hydroxylation sites is 1. The maximum Gasteiger partial charge on any atom is 0.325 e. The van der Waals surface area contributed by atoms with Crippen LogP contribution in [0.3, 0.4) is 0 Å². The van der Waals surface area contributed by atoms with Crippen LogP contribution in [-0.2, 0) is 9.53 Å². The molecule has 0 aliphatic carbocycles. The number of hydrogen-bond donors (Lipinski definition) is 1. The SMILES string of the molecule is Cc1ccccc1-c1nn(-c2ccccc2)cc1C(=O)NCC(=O)OC(C)C. The van der Waals surface area contributed by atoms with E-state index in [1.54, 1.807) is 24.7 Å². The fourth-order valence-corrected chi connectivity index (χ4v) is 2.84. The Morgan fingerprint density at radius 3 is 2.43 bits per heavy atom. The highest BCUT2D eigenvalue weighted by molar-refractivity contribution is 6.01. The topological polar surface area (TPSA) is 73.2 Å². The minimum absolute atomic E-state index is 0.194. The average Bonchev–Trinajstić information content (AvgIpc) is 3.12. The molecule has 3 rings (SSSR count). The summed E-state index contributed by atoms with van der Waals surface area (Å²) in [4.78, 5) is 24.6. The molecule has 0 saturated carbocycles. The summed E-state index contributed by atoms with van der Waals surface area (Å²) in [5.41, 5.74) is 3.68. The smallest absolute Gasteiger partial charge is 0.325 e. The van der Waals surface area contributed by atoms with Gasteiger partial charge >= 0.3 is 5.97 Å². The van der Waals surface area contributed by atoms with Gasteiger partial charge in [-0.3, -0.25) is 9.59 Å². The lowest BCUT2D eigenvalue weighted by atomic mass is 10.0. The van der Waals surface area contributed by atoms with Crippen molar-refractivity contribution in [3.05, 3.63) is 71.9 Å². The molecule has 6 nitrogen and oxygen atoms in total. The molecule has 144 valence electrons. The number of aromatic nitrogens is 2. The molecule has 0 atom stereocenters. The molecule has 0 fully saturated rings. The maximum absolute atomic E-state index is 12.8. The predicted molar refractivity (Wildman–Crippen MR) is 107 cm³/mol. The molecule has 0 aliphatic heterocycles. The van der Waals surface area contributed by atoms with Crippen LogP contribution in [0.25, 0.3) is 16.9 Å². The third-order valence-corrected chi connectivity index (χ3v) is 4.14. The first-order valence-corrected chi connectivity index (χ1v) is 9.14. The molecule has 1 amide bonds. The molecule has 1 aromatic heterocycles. The van der Waals surface area contributed by atoms with E-state index in [0.29, 0.717) is 11.3 Å². The Bertz CT molecular complexity index is 978. The molecule has 0 bridgehead atoms. The lowest BCUT2D eigenvalue weighted by Crippen LogP contribution is -2.31. The van der Waals surface area contributed by atoms with Crippen LogP contribution in [0.15, 0.2) is 60.8 Å². The molecular weight excluding hydrogens is 354 g/mol. The highest BCUT2D eigenvalue weighted by Crippen LogP contribution is 2.26. The molecule has 1 N–H and O–H groups in total. The summed E-state index contributed by atoms with van der Waals surface area (Å²) in [5, 5.41) is 7.28. The standard InChI is InChI=1S/C22H23N3O3/c1-15(2)28-20(26)13-23-22(27)19-14-25(17-10-5-4-6-11-17)24-21(19)18-12-8-7-9-16(18)3/h4-12,14-15H,13H2,1-3H3,(H,23,27). The summed E-state index contributed by atoms with van der Waals surface area (Å²) in [7, 11) is 0. The highest BCUT2D eigenvalue weighted by Gasteiger charge is 2.20. The largest absolute Gasteiger partial charge is 0.462 e. The first kappa shape index (κ1) is 19.4. The van der Waals surface area contributed by atoms with Crippen molar-refractivity contribution in [2.24, 2.45) is 0 Å². The Morgan fingerprint density at radius 2 is 1.75 bits per heavy atom. The van der Waals surface area contributed by atoms with Gasteiger partial charge in [0.25, 0.3) is 5.91 Å². The van der Waals surface area contributed by atoms with Crippen LogP contribution in [0, 0.1) is 6.92 Å². The van der Waals surface area contributed by atoms with E-state index in [9.17, 15) is 9.59 Å². The second kappa shape index (κ2) is 8.52. The van der Waals surface area contributed by atoms with Gasteiger partial charge in [0.2, 0.25) is 0 Å². The summed E-state index contributed by atoms with van der Waals surface area (Å²) in [6, 6.07) is 17.3. The third-order valence-electron chi connectivity index (χ3n) is 4.14. The number of hydrogen-bond acceptors (Lipinski definition) is 4. The number of carbonyl (C=O) groups excluding carboxylic acids is 2. The van der Waals surface area contributed by atoms with Gasteiger partial charge in [0.05, 0.1) is 17.4 Å². The van der Waals surface area contributed by atoms with Gasteiger partial charge in [-0.2, -0.15) is 5.10 Å². The van der Waals surface area contributed by atoms with Crippen LogP contribution >= 0.6 is 0 Å². The highest BCUT2D eigenvalue weighted by atomic mass is 16.5. The van der Waals surface area contributed by atoms with Crippen molar-refractivity contribution in [1.82, 2.24) is 15.1 Å². The van der Waals surface area contributed by atoms with E-state index in [0.717, 1.165) is 16.8 Å². The molecular formula is C22H23N3O3. The summed E-state index contributed by atoms with van der Waals surface area (Å²) in [6.07, 6.45) is 1.45. The van der Waals surface area contributed by atoms with Gasteiger partial charge in [-0.25, -0.2) is 4.68 Å². The number of nitrogens with one attached hydrogen (secondary N) is 1. The Labute approximate surface area is 164 Å². The molecule has 0 unspecified atom stereocenters. The maximum atomic E-state index is 12.8. The van der Waals surface area contributed by atoms with Crippen LogP contribution in [0.2, 0.25) is 0 Å². The van der Waals surface area contributed by atoms with E-state index in [-0.39, 0.29) is 18.6 Å². The van der Waals surface area contributed by atoms with Crippen molar-refractivity contribution < 1.29 is 14.3 Å². The van der Waals surface area contributed by atoms with Gasteiger partial charge < -0.3 is 10.1 Å². The van der Waals surface area contributed by atoms with Gasteiger partial charge in [0.1, 0.15) is 12.2 Å². The molecule has 0 aliphatic rings. The van der Waals surface area contributed by atoms with Crippen LogP contribution in [0.1, 0.15) is 29.8 Å². The zero-order valence-corrected chi connectivity index (χ0v) is 16.2. The Hall–Kier alpha value is -3.41. The molecule has 6 heteroatoms. The van der Waals surface area contributed by atoms with Crippen LogP contribution in [0.4, 0.5) is 0 Å². The van der Waals surface area contributed by atoms with Crippen LogP contribution < -0.4 is 5.32 Å². The number of nitrogens with zero attached hydrogens (tertiary/aromatic N) is 2. The molecule has 2 aromatic carbocycles. The van der Waals surface area contributed by atoms with Crippen molar-refractivity contribution in [3.8, 4) is 16.9 Å². The summed E-state index contributed by atoms with van der Waals surface area (Å²) in [6.45, 7) is 5.30. The van der Waals surface area contributed by atoms with E-state index < -0.39 is 5.97 Å². The van der Waals surface area contributed by atoms with E-state index in [1.165, 1.54) is 0 Å². The van der Waals surface area contributed by atoms with Gasteiger partial charge in [-0.15, -0.1) is 0 Å². The zero-order valence-electron chi connectivity index (χ0n) is 16.2. The first-order valence-electron chi connectivity index (χ1n) is 9.14.